The smallest absolute Gasteiger partial charge is 0.234 e. The first-order chi connectivity index (χ1) is 14.4. The molecule has 0 spiro atoms. The Labute approximate surface area is 186 Å². The van der Waals surface area contributed by atoms with E-state index in [1.807, 2.05) is 26.0 Å². The predicted octanol–water partition coefficient (Wildman–Crippen LogP) is 4.84. The molecule has 0 radical (unpaired) electrons. The van der Waals surface area contributed by atoms with Crippen molar-refractivity contribution in [1.29, 1.82) is 0 Å². The minimum absolute atomic E-state index is 0.136. The highest BCUT2D eigenvalue weighted by atomic mass is 35.5. The summed E-state index contributed by atoms with van der Waals surface area (Å²) < 4.78 is 1.79. The van der Waals surface area contributed by atoms with Gasteiger partial charge in [-0.15, -0.1) is 0 Å². The maximum Gasteiger partial charge on any atom is 0.234 e. The van der Waals surface area contributed by atoms with Crippen molar-refractivity contribution in [3.8, 4) is 11.3 Å². The van der Waals surface area contributed by atoms with Crippen LogP contribution in [0.3, 0.4) is 0 Å². The number of aromatic nitrogens is 5. The van der Waals surface area contributed by atoms with Crippen LogP contribution >= 0.6 is 35.0 Å². The Morgan fingerprint density at radius 1 is 1.17 bits per heavy atom. The Bertz CT molecular complexity index is 1260. The van der Waals surface area contributed by atoms with Crippen molar-refractivity contribution in [1.82, 2.24) is 24.6 Å². The van der Waals surface area contributed by atoms with E-state index in [1.54, 1.807) is 35.1 Å². The fourth-order valence-electron chi connectivity index (χ4n) is 2.88. The number of anilines is 1. The number of carbonyl (C=O) groups is 1. The van der Waals surface area contributed by atoms with E-state index in [9.17, 15) is 4.79 Å². The Hall–Kier alpha value is -2.68. The summed E-state index contributed by atoms with van der Waals surface area (Å²) in [5, 5.41) is 8.60. The number of hydrogen-bond donors (Lipinski definition) is 1. The van der Waals surface area contributed by atoms with Crippen molar-refractivity contribution < 1.29 is 4.79 Å². The molecule has 0 aliphatic heterocycles. The van der Waals surface area contributed by atoms with Gasteiger partial charge >= 0.3 is 0 Å². The summed E-state index contributed by atoms with van der Waals surface area (Å²) in [6.45, 7) is 3.89. The van der Waals surface area contributed by atoms with Crippen LogP contribution in [-0.2, 0) is 4.79 Å². The van der Waals surface area contributed by atoms with Crippen LogP contribution < -0.4 is 5.32 Å². The van der Waals surface area contributed by atoms with Crippen LogP contribution in [0.4, 0.5) is 5.69 Å². The lowest BCUT2D eigenvalue weighted by Gasteiger charge is -2.09. The van der Waals surface area contributed by atoms with Gasteiger partial charge in [-0.2, -0.15) is 5.10 Å². The monoisotopic (exact) mass is 458 g/mol. The normalized spacial score (nSPS) is 11.1. The Balaban J connectivity index is 1.48. The van der Waals surface area contributed by atoms with Gasteiger partial charge in [0.1, 0.15) is 0 Å². The van der Waals surface area contributed by atoms with Crippen LogP contribution in [0.1, 0.15) is 11.4 Å². The molecule has 0 aliphatic carbocycles. The summed E-state index contributed by atoms with van der Waals surface area (Å²) in [6.07, 6.45) is 3.44. The van der Waals surface area contributed by atoms with E-state index in [1.165, 1.54) is 11.8 Å². The number of benzene rings is 1. The lowest BCUT2D eigenvalue weighted by atomic mass is 10.2. The van der Waals surface area contributed by atoms with Gasteiger partial charge in [0.25, 0.3) is 0 Å². The average molecular weight is 459 g/mol. The zero-order valence-electron chi connectivity index (χ0n) is 16.1. The number of carbonyl (C=O) groups excluding carboxylic acids is 1. The summed E-state index contributed by atoms with van der Waals surface area (Å²) in [6, 6.07) is 8.63. The van der Waals surface area contributed by atoms with Crippen LogP contribution in [0.5, 0.6) is 0 Å². The van der Waals surface area contributed by atoms with Crippen molar-refractivity contribution in [2.24, 2.45) is 0 Å². The minimum atomic E-state index is -0.218. The van der Waals surface area contributed by atoms with E-state index in [-0.39, 0.29) is 11.7 Å². The molecule has 0 aliphatic rings. The molecule has 4 rings (SSSR count). The molecular weight excluding hydrogens is 443 g/mol. The molecule has 152 valence electrons. The second-order valence-electron chi connectivity index (χ2n) is 6.50. The van der Waals surface area contributed by atoms with E-state index >= 15 is 0 Å². The molecule has 3 aromatic heterocycles. The van der Waals surface area contributed by atoms with Crippen molar-refractivity contribution in [2.45, 2.75) is 19.0 Å². The minimum Gasteiger partial charge on any atom is -0.324 e. The fraction of sp³-hybridized carbons (Fsp3) is 0.150. The van der Waals surface area contributed by atoms with Crippen molar-refractivity contribution >= 4 is 52.2 Å². The second-order valence-corrected chi connectivity index (χ2v) is 8.28. The maximum absolute atomic E-state index is 12.3. The molecule has 0 saturated carbocycles. The Morgan fingerprint density at radius 2 is 2.00 bits per heavy atom. The molecule has 0 bridgehead atoms. The lowest BCUT2D eigenvalue weighted by molar-refractivity contribution is -0.113. The van der Waals surface area contributed by atoms with E-state index in [0.717, 1.165) is 22.6 Å². The van der Waals surface area contributed by atoms with Crippen LogP contribution in [0, 0.1) is 13.8 Å². The Morgan fingerprint density at radius 3 is 2.80 bits per heavy atom. The summed E-state index contributed by atoms with van der Waals surface area (Å²) in [7, 11) is 0. The number of aryl methyl sites for hydroxylation is 2. The molecule has 1 amide bonds. The van der Waals surface area contributed by atoms with Gasteiger partial charge in [0, 0.05) is 29.0 Å². The molecular formula is C20H16Cl2N6OS. The van der Waals surface area contributed by atoms with Gasteiger partial charge in [0.15, 0.2) is 10.8 Å². The molecule has 7 nitrogen and oxygen atoms in total. The largest absolute Gasteiger partial charge is 0.324 e. The van der Waals surface area contributed by atoms with Crippen molar-refractivity contribution in [2.75, 3.05) is 11.1 Å². The molecule has 3 heterocycles. The molecule has 0 atom stereocenters. The zero-order chi connectivity index (χ0) is 21.3. The molecule has 30 heavy (non-hydrogen) atoms. The maximum atomic E-state index is 12.3. The summed E-state index contributed by atoms with van der Waals surface area (Å²) in [5.74, 6) is -0.0821. The number of halogens is 2. The predicted molar refractivity (Wildman–Crippen MR) is 119 cm³/mol. The standard InChI is InChI=1S/C20H16Cl2N6OS/c1-11-7-18-24-9-14(12(2)28(18)27-11)16-5-6-23-20(26-16)30-10-19(29)25-17-4-3-13(21)8-15(17)22/h3-9H,10H2,1-2H3,(H,25,29). The number of fused-ring (bicyclic) bond motifs is 1. The van der Waals surface area contributed by atoms with E-state index in [0.29, 0.717) is 26.6 Å². The highest BCUT2D eigenvalue weighted by Crippen LogP contribution is 2.26. The number of amides is 1. The molecule has 0 unspecified atom stereocenters. The van der Waals surface area contributed by atoms with E-state index in [2.05, 4.69) is 25.4 Å². The second kappa shape index (κ2) is 8.59. The first-order valence-corrected chi connectivity index (χ1v) is 10.7. The average Bonchev–Trinajstić information content (AvgIpc) is 3.10. The number of nitrogens with zero attached hydrogens (tertiary/aromatic N) is 5. The first-order valence-electron chi connectivity index (χ1n) is 8.94. The highest BCUT2D eigenvalue weighted by molar-refractivity contribution is 7.99. The molecule has 0 saturated heterocycles. The summed E-state index contributed by atoms with van der Waals surface area (Å²) in [5.41, 5.74) is 4.69. The quantitative estimate of drug-likeness (QED) is 0.340. The van der Waals surface area contributed by atoms with Crippen LogP contribution in [-0.4, -0.2) is 36.2 Å². The topological polar surface area (TPSA) is 85.1 Å². The highest BCUT2D eigenvalue weighted by Gasteiger charge is 2.13. The van der Waals surface area contributed by atoms with E-state index in [4.69, 9.17) is 23.2 Å². The molecule has 0 fully saturated rings. The van der Waals surface area contributed by atoms with Crippen LogP contribution in [0.2, 0.25) is 10.0 Å². The van der Waals surface area contributed by atoms with Gasteiger partial charge in [-0.1, -0.05) is 35.0 Å². The SMILES string of the molecule is Cc1cc2ncc(-c3ccnc(SCC(=O)Nc4ccc(Cl)cc4Cl)n3)c(C)n2n1. The molecule has 1 N–H and O–H groups in total. The van der Waals surface area contributed by atoms with Gasteiger partial charge < -0.3 is 5.32 Å². The number of hydrogen-bond acceptors (Lipinski definition) is 6. The van der Waals surface area contributed by atoms with Gasteiger partial charge in [-0.25, -0.2) is 19.5 Å². The molecule has 1 aromatic carbocycles. The molecule has 4 aromatic rings. The summed E-state index contributed by atoms with van der Waals surface area (Å²) in [4.78, 5) is 25.6. The van der Waals surface area contributed by atoms with Gasteiger partial charge in [0.05, 0.1) is 33.5 Å². The van der Waals surface area contributed by atoms with Crippen LogP contribution in [0.25, 0.3) is 16.9 Å². The third-order valence-corrected chi connectivity index (χ3v) is 5.70. The van der Waals surface area contributed by atoms with Gasteiger partial charge in [-0.3, -0.25) is 4.79 Å². The number of thioether (sulfide) groups is 1. The van der Waals surface area contributed by atoms with Crippen molar-refractivity contribution in [3.05, 3.63) is 64.2 Å². The molecule has 10 heteroatoms. The number of rotatable bonds is 5. The fourth-order valence-corrected chi connectivity index (χ4v) is 3.97. The third kappa shape index (κ3) is 4.40. The Kier molecular flexibility index (Phi) is 5.90. The lowest BCUT2D eigenvalue weighted by Crippen LogP contribution is -2.14. The number of nitrogens with one attached hydrogen (secondary N) is 1. The first kappa shape index (κ1) is 20.6. The van der Waals surface area contributed by atoms with Gasteiger partial charge in [-0.05, 0) is 38.1 Å². The van der Waals surface area contributed by atoms with E-state index < -0.39 is 0 Å². The summed E-state index contributed by atoms with van der Waals surface area (Å²) >= 11 is 13.2. The zero-order valence-corrected chi connectivity index (χ0v) is 18.4. The van der Waals surface area contributed by atoms with Gasteiger partial charge in [0.2, 0.25) is 5.91 Å². The van der Waals surface area contributed by atoms with Crippen LogP contribution in [0.15, 0.2) is 47.9 Å². The van der Waals surface area contributed by atoms with Crippen molar-refractivity contribution in [3.63, 3.8) is 0 Å². The third-order valence-electron chi connectivity index (χ3n) is 4.29.